The fraction of sp³-hybridized carbons (Fsp3) is 0.267. The third-order valence-electron chi connectivity index (χ3n) is 6.78. The molecule has 3 aromatic carbocycles. The monoisotopic (exact) mass is 514 g/mol. The standard InChI is InChI=1S/C30H30N2O4S/c1-4-36-25-14-12-19(16-26(25)35-3)17-28-30(34)32(2)24-18-21(13-15-27(24)37-28)29(33)31-23-11-7-9-20-8-5-6-10-22(20)23/h5-6,8,10,12-18,23H,4,7,9,11H2,1-3H3,(H,31,33). The van der Waals surface area contributed by atoms with Crippen LogP contribution in [-0.2, 0) is 11.2 Å². The van der Waals surface area contributed by atoms with Crippen LogP contribution in [-0.4, -0.2) is 32.6 Å². The van der Waals surface area contributed by atoms with E-state index in [0.29, 0.717) is 28.6 Å². The van der Waals surface area contributed by atoms with E-state index in [1.54, 1.807) is 25.1 Å². The van der Waals surface area contributed by atoms with Gasteiger partial charge in [-0.1, -0.05) is 42.1 Å². The van der Waals surface area contributed by atoms with E-state index in [4.69, 9.17) is 9.47 Å². The van der Waals surface area contributed by atoms with Gasteiger partial charge >= 0.3 is 0 Å². The lowest BCUT2D eigenvalue weighted by atomic mass is 9.87. The number of carbonyl (C=O) groups is 2. The lowest BCUT2D eigenvalue weighted by Gasteiger charge is -2.28. The van der Waals surface area contributed by atoms with Crippen LogP contribution in [0.2, 0.25) is 0 Å². The summed E-state index contributed by atoms with van der Waals surface area (Å²) >= 11 is 1.40. The molecule has 1 heterocycles. The number of benzene rings is 3. The molecule has 2 amide bonds. The first-order valence-corrected chi connectivity index (χ1v) is 13.3. The average Bonchev–Trinajstić information content (AvgIpc) is 2.92. The molecule has 1 N–H and O–H groups in total. The van der Waals surface area contributed by atoms with Crippen molar-refractivity contribution in [1.29, 1.82) is 0 Å². The van der Waals surface area contributed by atoms with Crippen molar-refractivity contribution < 1.29 is 19.1 Å². The van der Waals surface area contributed by atoms with Crippen LogP contribution in [0.4, 0.5) is 5.69 Å². The summed E-state index contributed by atoms with van der Waals surface area (Å²) in [6.07, 6.45) is 4.87. The maximum Gasteiger partial charge on any atom is 0.264 e. The van der Waals surface area contributed by atoms with Gasteiger partial charge in [0.1, 0.15) is 0 Å². The molecule has 5 rings (SSSR count). The van der Waals surface area contributed by atoms with Crippen LogP contribution >= 0.6 is 11.8 Å². The first kappa shape index (κ1) is 25.0. The topological polar surface area (TPSA) is 67.9 Å². The minimum atomic E-state index is -0.127. The Balaban J connectivity index is 1.37. The Bertz CT molecular complexity index is 1380. The van der Waals surface area contributed by atoms with Crippen molar-refractivity contribution in [2.45, 2.75) is 37.1 Å². The molecule has 1 aliphatic carbocycles. The van der Waals surface area contributed by atoms with Gasteiger partial charge in [0.2, 0.25) is 0 Å². The zero-order chi connectivity index (χ0) is 25.9. The molecule has 0 radical (unpaired) electrons. The number of amides is 2. The van der Waals surface area contributed by atoms with Crippen LogP contribution in [0, 0.1) is 0 Å². The van der Waals surface area contributed by atoms with Crippen LogP contribution in [0.25, 0.3) is 6.08 Å². The predicted molar refractivity (Wildman–Crippen MR) is 147 cm³/mol. The Hall–Kier alpha value is -3.71. The summed E-state index contributed by atoms with van der Waals surface area (Å²) in [5, 5.41) is 3.21. The Kier molecular flexibility index (Phi) is 7.24. The lowest BCUT2D eigenvalue weighted by molar-refractivity contribution is -0.114. The molecule has 0 saturated carbocycles. The minimum absolute atomic E-state index is 0.00265. The zero-order valence-corrected chi connectivity index (χ0v) is 22.1. The van der Waals surface area contributed by atoms with Gasteiger partial charge in [-0.05, 0) is 79.3 Å². The first-order chi connectivity index (χ1) is 18.0. The van der Waals surface area contributed by atoms with Crippen molar-refractivity contribution in [2.75, 3.05) is 25.7 Å². The number of nitrogens with zero attached hydrogens (tertiary/aromatic N) is 1. The molecule has 2 aliphatic rings. The van der Waals surface area contributed by atoms with Gasteiger partial charge in [0, 0.05) is 17.5 Å². The molecular weight excluding hydrogens is 484 g/mol. The quantitative estimate of drug-likeness (QED) is 0.408. The average molecular weight is 515 g/mol. The molecule has 1 unspecified atom stereocenters. The van der Waals surface area contributed by atoms with Gasteiger partial charge in [0.05, 0.1) is 30.4 Å². The normalized spacial score (nSPS) is 17.7. The third-order valence-corrected chi connectivity index (χ3v) is 7.86. The molecular formula is C30H30N2O4S. The minimum Gasteiger partial charge on any atom is -0.493 e. The van der Waals surface area contributed by atoms with E-state index in [2.05, 4.69) is 17.4 Å². The molecule has 6 nitrogen and oxygen atoms in total. The predicted octanol–water partition coefficient (Wildman–Crippen LogP) is 6.01. The van der Waals surface area contributed by atoms with E-state index in [0.717, 1.165) is 35.4 Å². The summed E-state index contributed by atoms with van der Waals surface area (Å²) in [5.41, 5.74) is 4.62. The highest BCUT2D eigenvalue weighted by atomic mass is 32.2. The molecule has 0 aromatic heterocycles. The van der Waals surface area contributed by atoms with Crippen LogP contribution in [0.1, 0.15) is 52.9 Å². The number of nitrogens with one attached hydrogen (secondary N) is 1. The molecule has 190 valence electrons. The molecule has 0 spiro atoms. The molecule has 0 fully saturated rings. The van der Waals surface area contributed by atoms with Crippen molar-refractivity contribution in [3.8, 4) is 11.5 Å². The van der Waals surface area contributed by atoms with Gasteiger partial charge in [0.15, 0.2) is 11.5 Å². The highest BCUT2D eigenvalue weighted by Crippen LogP contribution is 2.42. The second-order valence-electron chi connectivity index (χ2n) is 9.12. The molecule has 0 saturated heterocycles. The van der Waals surface area contributed by atoms with Crippen LogP contribution in [0.5, 0.6) is 11.5 Å². The molecule has 3 aromatic rings. The number of ether oxygens (including phenoxy) is 2. The highest BCUT2D eigenvalue weighted by Gasteiger charge is 2.28. The Morgan fingerprint density at radius 1 is 1.14 bits per heavy atom. The Labute approximate surface area is 221 Å². The number of hydrogen-bond acceptors (Lipinski definition) is 5. The van der Waals surface area contributed by atoms with Gasteiger partial charge in [0.25, 0.3) is 11.8 Å². The zero-order valence-electron chi connectivity index (χ0n) is 21.2. The van der Waals surface area contributed by atoms with Crippen molar-refractivity contribution in [2.24, 2.45) is 0 Å². The fourth-order valence-corrected chi connectivity index (χ4v) is 5.97. The van der Waals surface area contributed by atoms with E-state index in [1.165, 1.54) is 22.9 Å². The van der Waals surface area contributed by atoms with Crippen molar-refractivity contribution >= 4 is 35.3 Å². The number of methoxy groups -OCH3 is 1. The van der Waals surface area contributed by atoms with Crippen molar-refractivity contribution in [1.82, 2.24) is 5.32 Å². The third kappa shape index (κ3) is 5.09. The number of aryl methyl sites for hydroxylation is 1. The van der Waals surface area contributed by atoms with Gasteiger partial charge in [-0.3, -0.25) is 9.59 Å². The van der Waals surface area contributed by atoms with Gasteiger partial charge < -0.3 is 19.7 Å². The number of likely N-dealkylation sites (N-methyl/N-ethyl adjacent to an activating group) is 1. The number of anilines is 1. The van der Waals surface area contributed by atoms with Gasteiger partial charge in [-0.15, -0.1) is 0 Å². The summed E-state index contributed by atoms with van der Waals surface area (Å²) in [5.74, 6) is 1.04. The number of fused-ring (bicyclic) bond motifs is 2. The smallest absolute Gasteiger partial charge is 0.264 e. The lowest BCUT2D eigenvalue weighted by Crippen LogP contribution is -2.32. The van der Waals surface area contributed by atoms with E-state index in [-0.39, 0.29) is 17.9 Å². The summed E-state index contributed by atoms with van der Waals surface area (Å²) in [7, 11) is 3.34. The SMILES string of the molecule is CCOc1ccc(C=C2Sc3ccc(C(=O)NC4CCCc5ccccc54)cc3N(C)C2=O)cc1OC. The summed E-state index contributed by atoms with van der Waals surface area (Å²) in [6.45, 7) is 2.46. The Morgan fingerprint density at radius 3 is 2.78 bits per heavy atom. The largest absolute Gasteiger partial charge is 0.493 e. The molecule has 7 heteroatoms. The van der Waals surface area contributed by atoms with E-state index in [9.17, 15) is 9.59 Å². The number of hydrogen-bond donors (Lipinski definition) is 1. The fourth-order valence-electron chi connectivity index (χ4n) is 4.88. The van der Waals surface area contributed by atoms with E-state index >= 15 is 0 Å². The number of carbonyl (C=O) groups excluding carboxylic acids is 2. The second-order valence-corrected chi connectivity index (χ2v) is 10.2. The Morgan fingerprint density at radius 2 is 1.97 bits per heavy atom. The maximum absolute atomic E-state index is 13.2. The van der Waals surface area contributed by atoms with Gasteiger partial charge in [-0.25, -0.2) is 0 Å². The van der Waals surface area contributed by atoms with E-state index < -0.39 is 0 Å². The van der Waals surface area contributed by atoms with Gasteiger partial charge in [-0.2, -0.15) is 0 Å². The highest BCUT2D eigenvalue weighted by molar-refractivity contribution is 8.04. The summed E-state index contributed by atoms with van der Waals surface area (Å²) in [6, 6.07) is 19.5. The summed E-state index contributed by atoms with van der Waals surface area (Å²) < 4.78 is 11.0. The van der Waals surface area contributed by atoms with Crippen molar-refractivity contribution in [3.63, 3.8) is 0 Å². The number of thioether (sulfide) groups is 1. The van der Waals surface area contributed by atoms with Crippen LogP contribution in [0.15, 0.2) is 70.5 Å². The number of rotatable bonds is 6. The second kappa shape index (κ2) is 10.7. The van der Waals surface area contributed by atoms with Crippen molar-refractivity contribution in [3.05, 3.63) is 87.8 Å². The molecule has 0 bridgehead atoms. The maximum atomic E-state index is 13.2. The van der Waals surface area contributed by atoms with Crippen LogP contribution < -0.4 is 19.7 Å². The van der Waals surface area contributed by atoms with E-state index in [1.807, 2.05) is 55.5 Å². The summed E-state index contributed by atoms with van der Waals surface area (Å²) in [4.78, 5) is 29.5. The molecule has 1 aliphatic heterocycles. The molecule has 37 heavy (non-hydrogen) atoms. The first-order valence-electron chi connectivity index (χ1n) is 12.5. The molecule has 1 atom stereocenters. The van der Waals surface area contributed by atoms with Crippen LogP contribution in [0.3, 0.4) is 0 Å².